The van der Waals surface area contributed by atoms with Gasteiger partial charge in [0.1, 0.15) is 17.7 Å². The summed E-state index contributed by atoms with van der Waals surface area (Å²) < 4.78 is 6.94. The van der Waals surface area contributed by atoms with Crippen molar-refractivity contribution in [2.45, 2.75) is 18.9 Å². The summed E-state index contributed by atoms with van der Waals surface area (Å²) in [5.74, 6) is 0.747. The van der Waals surface area contributed by atoms with E-state index in [-0.39, 0.29) is 11.9 Å². The normalized spacial score (nSPS) is 17.7. The number of benzene rings is 1. The van der Waals surface area contributed by atoms with E-state index in [1.54, 1.807) is 0 Å². The molecule has 1 aliphatic heterocycles. The molecule has 0 radical (unpaired) electrons. The predicted octanol–water partition coefficient (Wildman–Crippen LogP) is 2.21. The van der Waals surface area contributed by atoms with Gasteiger partial charge in [0.25, 0.3) is 0 Å². The highest BCUT2D eigenvalue weighted by atomic mass is 79.9. The third kappa shape index (κ3) is 3.23. The maximum absolute atomic E-state index is 7.57. The number of hydrogen-bond acceptors (Lipinski definition) is 3. The molecule has 0 unspecified atom stereocenters. The van der Waals surface area contributed by atoms with Gasteiger partial charge in [0.15, 0.2) is 0 Å². The van der Waals surface area contributed by atoms with E-state index < -0.39 is 0 Å². The molecule has 1 heterocycles. The first-order valence-corrected chi connectivity index (χ1v) is 6.84. The Kier molecular flexibility index (Phi) is 4.24. The van der Waals surface area contributed by atoms with E-state index in [0.717, 1.165) is 30.4 Å². The molecule has 5 heteroatoms. The Morgan fingerprint density at radius 2 is 2.11 bits per heavy atom. The summed E-state index contributed by atoms with van der Waals surface area (Å²) in [6.45, 7) is 2.10. The molecule has 2 rings (SSSR count). The van der Waals surface area contributed by atoms with Crippen LogP contribution in [0.3, 0.4) is 0 Å². The maximum atomic E-state index is 7.57. The van der Waals surface area contributed by atoms with Crippen molar-refractivity contribution < 1.29 is 4.74 Å². The third-order valence-electron chi connectivity index (χ3n) is 3.19. The fraction of sp³-hybridized carbons (Fsp3) is 0.462. The van der Waals surface area contributed by atoms with Gasteiger partial charge in [0, 0.05) is 17.6 Å². The van der Waals surface area contributed by atoms with E-state index in [1.807, 2.05) is 18.2 Å². The van der Waals surface area contributed by atoms with Crippen LogP contribution in [0.4, 0.5) is 0 Å². The average Bonchev–Trinajstić information content (AvgIpc) is 2.32. The number of piperidine rings is 1. The largest absolute Gasteiger partial charge is 0.490 e. The van der Waals surface area contributed by atoms with E-state index in [4.69, 9.17) is 15.9 Å². The number of nitrogen functional groups attached to an aromatic ring is 1. The summed E-state index contributed by atoms with van der Waals surface area (Å²) in [7, 11) is 2.12. The molecule has 1 aromatic carbocycles. The fourth-order valence-electron chi connectivity index (χ4n) is 2.10. The molecule has 3 N–H and O–H groups in total. The van der Waals surface area contributed by atoms with Crippen molar-refractivity contribution in [3.05, 3.63) is 28.2 Å². The van der Waals surface area contributed by atoms with Crippen molar-refractivity contribution in [3.8, 4) is 5.75 Å². The number of nitrogens with zero attached hydrogens (tertiary/aromatic N) is 1. The lowest BCUT2D eigenvalue weighted by molar-refractivity contribution is 0.114. The predicted molar refractivity (Wildman–Crippen MR) is 76.3 cm³/mol. The molecular weight excluding hydrogens is 294 g/mol. The monoisotopic (exact) mass is 311 g/mol. The topological polar surface area (TPSA) is 62.3 Å². The van der Waals surface area contributed by atoms with E-state index >= 15 is 0 Å². The Morgan fingerprint density at radius 1 is 1.44 bits per heavy atom. The van der Waals surface area contributed by atoms with Crippen molar-refractivity contribution >= 4 is 21.8 Å². The molecule has 0 amide bonds. The van der Waals surface area contributed by atoms with Crippen LogP contribution in [0.15, 0.2) is 22.7 Å². The summed E-state index contributed by atoms with van der Waals surface area (Å²) in [5.41, 5.74) is 6.24. The van der Waals surface area contributed by atoms with Crippen molar-refractivity contribution in [2.75, 3.05) is 20.1 Å². The van der Waals surface area contributed by atoms with Gasteiger partial charge in [-0.2, -0.15) is 0 Å². The van der Waals surface area contributed by atoms with Crippen molar-refractivity contribution in [2.24, 2.45) is 5.73 Å². The standard InChI is InChI=1S/C13H18BrN3O/c1-17-6-4-10(5-7-17)18-12-8-9(14)2-3-11(12)13(15)16/h2-3,8,10H,4-7H2,1H3,(H3,15,16). The molecule has 1 aliphatic rings. The van der Waals surface area contributed by atoms with Gasteiger partial charge in [-0.1, -0.05) is 15.9 Å². The number of ether oxygens (including phenoxy) is 1. The lowest BCUT2D eigenvalue weighted by Gasteiger charge is -2.29. The molecule has 0 bridgehead atoms. The molecule has 1 fully saturated rings. The van der Waals surface area contributed by atoms with Gasteiger partial charge in [-0.15, -0.1) is 0 Å². The van der Waals surface area contributed by atoms with Gasteiger partial charge in [-0.3, -0.25) is 5.41 Å². The average molecular weight is 312 g/mol. The summed E-state index contributed by atoms with van der Waals surface area (Å²) >= 11 is 3.42. The Morgan fingerprint density at radius 3 is 2.72 bits per heavy atom. The van der Waals surface area contributed by atoms with Gasteiger partial charge in [-0.05, 0) is 38.1 Å². The van der Waals surface area contributed by atoms with Crippen LogP contribution >= 0.6 is 15.9 Å². The van der Waals surface area contributed by atoms with Crippen molar-refractivity contribution in [3.63, 3.8) is 0 Å². The number of rotatable bonds is 3. The van der Waals surface area contributed by atoms with Crippen LogP contribution in [0.2, 0.25) is 0 Å². The number of amidine groups is 1. The molecule has 0 saturated carbocycles. The smallest absolute Gasteiger partial charge is 0.131 e. The van der Waals surface area contributed by atoms with Crippen molar-refractivity contribution in [1.29, 1.82) is 5.41 Å². The lowest BCUT2D eigenvalue weighted by Crippen LogP contribution is -2.36. The van der Waals surface area contributed by atoms with Crippen LogP contribution < -0.4 is 10.5 Å². The van der Waals surface area contributed by atoms with E-state index in [9.17, 15) is 0 Å². The first-order valence-electron chi connectivity index (χ1n) is 6.05. The highest BCUT2D eigenvalue weighted by molar-refractivity contribution is 9.10. The van der Waals surface area contributed by atoms with Gasteiger partial charge >= 0.3 is 0 Å². The Labute approximate surface area is 116 Å². The summed E-state index contributed by atoms with van der Waals surface area (Å²) in [4.78, 5) is 2.30. The van der Waals surface area contributed by atoms with Crippen molar-refractivity contribution in [1.82, 2.24) is 4.90 Å². The molecular formula is C13H18BrN3O. The van der Waals surface area contributed by atoms with Gasteiger partial charge in [0.2, 0.25) is 0 Å². The highest BCUT2D eigenvalue weighted by Crippen LogP contribution is 2.26. The maximum Gasteiger partial charge on any atom is 0.131 e. The minimum Gasteiger partial charge on any atom is -0.490 e. The first kappa shape index (κ1) is 13.4. The van der Waals surface area contributed by atoms with Gasteiger partial charge < -0.3 is 15.4 Å². The van der Waals surface area contributed by atoms with E-state index in [0.29, 0.717) is 11.3 Å². The summed E-state index contributed by atoms with van der Waals surface area (Å²) in [5, 5.41) is 7.57. The van der Waals surface area contributed by atoms with Gasteiger partial charge in [0.05, 0.1) is 5.56 Å². The minimum absolute atomic E-state index is 0.0467. The second kappa shape index (κ2) is 5.71. The fourth-order valence-corrected chi connectivity index (χ4v) is 2.44. The zero-order valence-corrected chi connectivity index (χ0v) is 12.0. The molecule has 0 aliphatic carbocycles. The molecule has 0 atom stereocenters. The molecule has 4 nitrogen and oxygen atoms in total. The Balaban J connectivity index is 2.12. The molecule has 1 aromatic rings. The summed E-state index contributed by atoms with van der Waals surface area (Å²) in [6.07, 6.45) is 2.24. The SMILES string of the molecule is CN1CCC(Oc2cc(Br)ccc2C(=N)N)CC1. The quantitative estimate of drug-likeness (QED) is 0.664. The third-order valence-corrected chi connectivity index (χ3v) is 3.69. The second-order valence-electron chi connectivity index (χ2n) is 4.67. The molecule has 98 valence electrons. The molecule has 1 saturated heterocycles. The summed E-state index contributed by atoms with van der Waals surface area (Å²) in [6, 6.07) is 5.57. The number of likely N-dealkylation sites (tertiary alicyclic amines) is 1. The lowest BCUT2D eigenvalue weighted by atomic mass is 10.1. The zero-order valence-electron chi connectivity index (χ0n) is 10.4. The number of nitrogens with two attached hydrogens (primary N) is 1. The Bertz CT molecular complexity index is 442. The minimum atomic E-state index is 0.0467. The van der Waals surface area contributed by atoms with Crippen LogP contribution in [-0.4, -0.2) is 37.0 Å². The zero-order chi connectivity index (χ0) is 13.1. The number of halogens is 1. The number of nitrogens with one attached hydrogen (secondary N) is 1. The first-order chi connectivity index (χ1) is 8.56. The molecule has 0 spiro atoms. The van der Waals surface area contributed by atoms with Crippen LogP contribution in [0.1, 0.15) is 18.4 Å². The Hall–Kier alpha value is -1.07. The number of hydrogen-bond donors (Lipinski definition) is 2. The van der Waals surface area contributed by atoms with Crippen LogP contribution in [0, 0.1) is 5.41 Å². The highest BCUT2D eigenvalue weighted by Gasteiger charge is 2.19. The van der Waals surface area contributed by atoms with Crippen LogP contribution in [-0.2, 0) is 0 Å². The molecule has 18 heavy (non-hydrogen) atoms. The van der Waals surface area contributed by atoms with Crippen LogP contribution in [0.25, 0.3) is 0 Å². The second-order valence-corrected chi connectivity index (χ2v) is 5.59. The van der Waals surface area contributed by atoms with E-state index in [1.165, 1.54) is 0 Å². The van der Waals surface area contributed by atoms with Crippen LogP contribution in [0.5, 0.6) is 5.75 Å². The van der Waals surface area contributed by atoms with E-state index in [2.05, 4.69) is 27.9 Å². The van der Waals surface area contributed by atoms with Gasteiger partial charge in [-0.25, -0.2) is 0 Å². The molecule has 0 aromatic heterocycles.